The summed E-state index contributed by atoms with van der Waals surface area (Å²) in [5.41, 5.74) is 8.99. The first kappa shape index (κ1) is 10.1. The van der Waals surface area contributed by atoms with Crippen molar-refractivity contribution in [1.82, 2.24) is 0 Å². The van der Waals surface area contributed by atoms with Gasteiger partial charge < -0.3 is 10.6 Å². The molecule has 3 heteroatoms. The molecule has 0 radical (unpaired) electrons. The molecule has 2 aromatic rings. The molecule has 78 valence electrons. The summed E-state index contributed by atoms with van der Waals surface area (Å²) < 4.78 is 0. The lowest BCUT2D eigenvalue weighted by molar-refractivity contribution is 1.22. The number of aryl methyl sites for hydroxylation is 1. The summed E-state index contributed by atoms with van der Waals surface area (Å²) in [4.78, 5) is 2.16. The van der Waals surface area contributed by atoms with Crippen LogP contribution in [-0.2, 0) is 0 Å². The van der Waals surface area contributed by atoms with Crippen LogP contribution < -0.4 is 10.6 Å². The van der Waals surface area contributed by atoms with Gasteiger partial charge in [-0.25, -0.2) is 0 Å². The van der Waals surface area contributed by atoms with Gasteiger partial charge in [-0.05, 0) is 42.1 Å². The molecule has 2 N–H and O–H groups in total. The molecule has 0 amide bonds. The maximum atomic E-state index is 5.76. The first-order chi connectivity index (χ1) is 7.18. The number of hydrogen-bond donors (Lipinski definition) is 1. The molecule has 2 nitrogen and oxygen atoms in total. The predicted octanol–water partition coefficient (Wildman–Crippen LogP) is 3.41. The van der Waals surface area contributed by atoms with Gasteiger partial charge in [0.2, 0.25) is 0 Å². The Morgan fingerprint density at radius 1 is 1.27 bits per heavy atom. The fourth-order valence-electron chi connectivity index (χ4n) is 1.56. The molecule has 15 heavy (non-hydrogen) atoms. The number of thiophene rings is 1. The molecule has 0 saturated heterocycles. The second-order valence-corrected chi connectivity index (χ2v) is 4.46. The van der Waals surface area contributed by atoms with Crippen LogP contribution in [0.5, 0.6) is 0 Å². The average molecular weight is 218 g/mol. The first-order valence-corrected chi connectivity index (χ1v) is 5.70. The Bertz CT molecular complexity index is 462. The van der Waals surface area contributed by atoms with Crippen molar-refractivity contribution < 1.29 is 0 Å². The lowest BCUT2D eigenvalue weighted by atomic mass is 10.2. The maximum absolute atomic E-state index is 5.76. The van der Waals surface area contributed by atoms with E-state index in [2.05, 4.69) is 36.4 Å². The highest BCUT2D eigenvalue weighted by Gasteiger charge is 2.07. The van der Waals surface area contributed by atoms with Crippen LogP contribution in [0.2, 0.25) is 0 Å². The Morgan fingerprint density at radius 2 is 2.07 bits per heavy atom. The SMILES string of the molecule is Cc1ccsc1N(C)c1cccc(N)c1. The Balaban J connectivity index is 2.36. The van der Waals surface area contributed by atoms with Crippen molar-refractivity contribution >= 4 is 27.7 Å². The van der Waals surface area contributed by atoms with Gasteiger partial charge in [-0.1, -0.05) is 6.07 Å². The molecule has 0 bridgehead atoms. The molecule has 0 fully saturated rings. The Kier molecular flexibility index (Phi) is 2.64. The van der Waals surface area contributed by atoms with Gasteiger partial charge in [-0.2, -0.15) is 0 Å². The van der Waals surface area contributed by atoms with Crippen LogP contribution in [0.1, 0.15) is 5.56 Å². The molecule has 1 aromatic carbocycles. The largest absolute Gasteiger partial charge is 0.399 e. The van der Waals surface area contributed by atoms with Gasteiger partial charge in [0.25, 0.3) is 0 Å². The van der Waals surface area contributed by atoms with E-state index in [-0.39, 0.29) is 0 Å². The summed E-state index contributed by atoms with van der Waals surface area (Å²) in [6.45, 7) is 2.12. The normalized spacial score (nSPS) is 10.3. The monoisotopic (exact) mass is 218 g/mol. The van der Waals surface area contributed by atoms with Crippen molar-refractivity contribution in [3.63, 3.8) is 0 Å². The molecule has 0 saturated carbocycles. The summed E-state index contributed by atoms with van der Waals surface area (Å²) in [5, 5.41) is 3.37. The second kappa shape index (κ2) is 3.95. The fraction of sp³-hybridized carbons (Fsp3) is 0.167. The summed E-state index contributed by atoms with van der Waals surface area (Å²) in [6, 6.07) is 10.1. The van der Waals surface area contributed by atoms with Crippen LogP contribution >= 0.6 is 11.3 Å². The summed E-state index contributed by atoms with van der Waals surface area (Å²) in [7, 11) is 2.06. The number of nitrogens with zero attached hydrogens (tertiary/aromatic N) is 1. The quantitative estimate of drug-likeness (QED) is 0.783. The zero-order valence-corrected chi connectivity index (χ0v) is 9.71. The number of anilines is 3. The van der Waals surface area contributed by atoms with Gasteiger partial charge in [0.15, 0.2) is 0 Å². The van der Waals surface area contributed by atoms with Crippen LogP contribution in [0, 0.1) is 6.92 Å². The summed E-state index contributed by atoms with van der Waals surface area (Å²) in [6.07, 6.45) is 0. The van der Waals surface area contributed by atoms with Gasteiger partial charge >= 0.3 is 0 Å². The van der Waals surface area contributed by atoms with Crippen molar-refractivity contribution in [1.29, 1.82) is 0 Å². The summed E-state index contributed by atoms with van der Waals surface area (Å²) in [5.74, 6) is 0. The van der Waals surface area contributed by atoms with E-state index in [9.17, 15) is 0 Å². The molecule has 0 spiro atoms. The van der Waals surface area contributed by atoms with Gasteiger partial charge in [0.1, 0.15) is 0 Å². The Morgan fingerprint density at radius 3 is 2.67 bits per heavy atom. The molecule has 0 aliphatic rings. The van der Waals surface area contributed by atoms with Crippen molar-refractivity contribution in [2.24, 2.45) is 0 Å². The third-order valence-corrected chi connectivity index (χ3v) is 3.49. The van der Waals surface area contributed by atoms with Crippen molar-refractivity contribution in [3.8, 4) is 0 Å². The Labute approximate surface area is 94.0 Å². The molecule has 1 heterocycles. The fourth-order valence-corrected chi connectivity index (χ4v) is 2.48. The highest BCUT2D eigenvalue weighted by atomic mass is 32.1. The van der Waals surface area contributed by atoms with Crippen LogP contribution in [0.3, 0.4) is 0 Å². The maximum Gasteiger partial charge on any atom is 0.0980 e. The van der Waals surface area contributed by atoms with Crippen molar-refractivity contribution in [2.45, 2.75) is 6.92 Å². The topological polar surface area (TPSA) is 29.3 Å². The lowest BCUT2D eigenvalue weighted by Crippen LogP contribution is -2.08. The standard InChI is InChI=1S/C12H14N2S/c1-9-6-7-15-12(9)14(2)11-5-3-4-10(13)8-11/h3-8H,13H2,1-2H3. The molecule has 0 atom stereocenters. The third-order valence-electron chi connectivity index (χ3n) is 2.40. The van der Waals surface area contributed by atoms with Crippen molar-refractivity contribution in [3.05, 3.63) is 41.3 Å². The highest BCUT2D eigenvalue weighted by molar-refractivity contribution is 7.14. The minimum atomic E-state index is 0.800. The van der Waals surface area contributed by atoms with Crippen LogP contribution in [0.15, 0.2) is 35.7 Å². The molecular formula is C12H14N2S. The number of nitrogen functional groups attached to an aromatic ring is 1. The van der Waals surface area contributed by atoms with Crippen molar-refractivity contribution in [2.75, 3.05) is 17.7 Å². The average Bonchev–Trinajstić information content (AvgIpc) is 2.63. The zero-order chi connectivity index (χ0) is 10.8. The molecule has 1 aromatic heterocycles. The van der Waals surface area contributed by atoms with E-state index in [1.54, 1.807) is 11.3 Å². The van der Waals surface area contributed by atoms with E-state index in [0.29, 0.717) is 0 Å². The molecule has 0 aliphatic carbocycles. The molecule has 0 unspecified atom stereocenters. The van der Waals surface area contributed by atoms with E-state index < -0.39 is 0 Å². The smallest absolute Gasteiger partial charge is 0.0980 e. The minimum Gasteiger partial charge on any atom is -0.399 e. The minimum absolute atomic E-state index is 0.800. The number of hydrogen-bond acceptors (Lipinski definition) is 3. The highest BCUT2D eigenvalue weighted by Crippen LogP contribution is 2.32. The van der Waals surface area contributed by atoms with Crippen LogP contribution in [0.4, 0.5) is 16.4 Å². The number of rotatable bonds is 2. The molecule has 2 rings (SSSR count). The van der Waals surface area contributed by atoms with Gasteiger partial charge in [-0.3, -0.25) is 0 Å². The first-order valence-electron chi connectivity index (χ1n) is 4.82. The van der Waals surface area contributed by atoms with Gasteiger partial charge in [0.05, 0.1) is 5.00 Å². The lowest BCUT2D eigenvalue weighted by Gasteiger charge is -2.18. The zero-order valence-electron chi connectivity index (χ0n) is 8.90. The Hall–Kier alpha value is -1.48. The number of benzene rings is 1. The molecule has 0 aliphatic heterocycles. The third kappa shape index (κ3) is 1.97. The molecular weight excluding hydrogens is 204 g/mol. The van der Waals surface area contributed by atoms with E-state index in [4.69, 9.17) is 5.73 Å². The van der Waals surface area contributed by atoms with E-state index in [1.807, 2.05) is 18.2 Å². The van der Waals surface area contributed by atoms with Crippen LogP contribution in [0.25, 0.3) is 0 Å². The van der Waals surface area contributed by atoms with E-state index in [1.165, 1.54) is 10.6 Å². The van der Waals surface area contributed by atoms with Gasteiger partial charge in [-0.15, -0.1) is 11.3 Å². The summed E-state index contributed by atoms with van der Waals surface area (Å²) >= 11 is 1.74. The van der Waals surface area contributed by atoms with Crippen LogP contribution in [-0.4, -0.2) is 7.05 Å². The van der Waals surface area contributed by atoms with E-state index >= 15 is 0 Å². The second-order valence-electron chi connectivity index (χ2n) is 3.56. The predicted molar refractivity (Wildman–Crippen MR) is 68.0 cm³/mol. The number of nitrogens with two attached hydrogens (primary N) is 1. The van der Waals surface area contributed by atoms with E-state index in [0.717, 1.165) is 11.4 Å². The van der Waals surface area contributed by atoms with Gasteiger partial charge in [0, 0.05) is 18.4 Å².